The van der Waals surface area contributed by atoms with Crippen LogP contribution in [0.15, 0.2) is 46.9 Å². The first-order chi connectivity index (χ1) is 12.7. The van der Waals surface area contributed by atoms with Crippen molar-refractivity contribution in [2.75, 3.05) is 7.11 Å². The molecule has 2 aliphatic rings. The Balaban J connectivity index is 1.71. The number of methoxy groups -OCH3 is 1. The second-order valence-electron chi connectivity index (χ2n) is 7.34. The van der Waals surface area contributed by atoms with Crippen molar-refractivity contribution in [2.24, 2.45) is 4.99 Å². The van der Waals surface area contributed by atoms with E-state index in [1.165, 1.54) is 49.1 Å². The Morgan fingerprint density at radius 1 is 1.23 bits per heavy atom. The molecule has 3 heterocycles. The van der Waals surface area contributed by atoms with Crippen LogP contribution in [0, 0.1) is 0 Å². The zero-order valence-corrected chi connectivity index (χ0v) is 15.6. The van der Waals surface area contributed by atoms with E-state index in [4.69, 9.17) is 9.73 Å². The van der Waals surface area contributed by atoms with Gasteiger partial charge in [-0.1, -0.05) is 26.2 Å². The van der Waals surface area contributed by atoms with Crippen molar-refractivity contribution in [1.82, 2.24) is 9.97 Å². The van der Waals surface area contributed by atoms with Crippen molar-refractivity contribution < 1.29 is 4.74 Å². The normalized spacial score (nSPS) is 22.2. The minimum atomic E-state index is 0.563. The quantitative estimate of drug-likeness (QED) is 0.773. The van der Waals surface area contributed by atoms with Gasteiger partial charge >= 0.3 is 0 Å². The number of aromatic nitrogens is 2. The molecule has 1 aliphatic heterocycles. The van der Waals surface area contributed by atoms with Crippen molar-refractivity contribution in [3.8, 4) is 0 Å². The fraction of sp³-hybridized carbons (Fsp3) is 0.409. The number of ether oxygens (including phenoxy) is 1. The van der Waals surface area contributed by atoms with Gasteiger partial charge in [0.1, 0.15) is 11.5 Å². The highest BCUT2D eigenvalue weighted by atomic mass is 16.5. The number of aromatic amines is 2. The van der Waals surface area contributed by atoms with E-state index in [1.54, 1.807) is 7.11 Å². The molecule has 4 nitrogen and oxygen atoms in total. The first-order valence-corrected chi connectivity index (χ1v) is 9.66. The highest BCUT2D eigenvalue weighted by molar-refractivity contribution is 6.11. The number of aryl methyl sites for hydroxylation is 1. The van der Waals surface area contributed by atoms with E-state index in [0.29, 0.717) is 5.92 Å². The fourth-order valence-corrected chi connectivity index (χ4v) is 3.93. The molecule has 0 saturated carbocycles. The maximum Gasteiger partial charge on any atom is 0.146 e. The molecule has 0 spiro atoms. The highest BCUT2D eigenvalue weighted by Crippen LogP contribution is 2.32. The lowest BCUT2D eigenvalue weighted by atomic mass is 9.93. The van der Waals surface area contributed by atoms with Crippen LogP contribution in [0.1, 0.15) is 67.6 Å². The van der Waals surface area contributed by atoms with E-state index in [9.17, 15) is 0 Å². The number of hydrogen-bond acceptors (Lipinski definition) is 2. The number of aliphatic imine (C=N–C) groups is 1. The molecule has 4 heteroatoms. The van der Waals surface area contributed by atoms with E-state index < -0.39 is 0 Å². The molecule has 0 amide bonds. The van der Waals surface area contributed by atoms with Crippen LogP contribution in [0.5, 0.6) is 0 Å². The molecule has 136 valence electrons. The van der Waals surface area contributed by atoms with E-state index in [-0.39, 0.29) is 0 Å². The first-order valence-electron chi connectivity index (χ1n) is 9.66. The average molecular weight is 349 g/mol. The SMILES string of the molecule is COC1=CC(c2ccc[nH]2)=N/C1=C/c1[nH]c2cc1C(C)CCCCCC2. The second-order valence-corrected chi connectivity index (χ2v) is 7.34. The summed E-state index contributed by atoms with van der Waals surface area (Å²) in [5, 5.41) is 0. The Kier molecular flexibility index (Phi) is 4.83. The van der Waals surface area contributed by atoms with E-state index in [2.05, 4.69) is 29.0 Å². The van der Waals surface area contributed by atoms with Gasteiger partial charge in [0.2, 0.25) is 0 Å². The minimum absolute atomic E-state index is 0.563. The van der Waals surface area contributed by atoms with E-state index in [1.807, 2.05) is 24.4 Å². The number of allylic oxidation sites excluding steroid dienone is 1. The number of rotatable bonds is 3. The van der Waals surface area contributed by atoms with Crippen molar-refractivity contribution in [3.05, 3.63) is 64.6 Å². The van der Waals surface area contributed by atoms with Gasteiger partial charge in [0.05, 0.1) is 18.5 Å². The minimum Gasteiger partial charge on any atom is -0.494 e. The lowest BCUT2D eigenvalue weighted by Gasteiger charge is -2.12. The maximum atomic E-state index is 5.59. The molecule has 1 aliphatic carbocycles. The van der Waals surface area contributed by atoms with Crippen LogP contribution >= 0.6 is 0 Å². The third-order valence-corrected chi connectivity index (χ3v) is 5.44. The summed E-state index contributed by atoms with van der Waals surface area (Å²) in [5.41, 5.74) is 6.74. The first kappa shape index (κ1) is 17.0. The number of nitrogens with one attached hydrogen (secondary N) is 2. The van der Waals surface area contributed by atoms with Crippen LogP contribution in [-0.4, -0.2) is 22.8 Å². The Morgan fingerprint density at radius 3 is 2.92 bits per heavy atom. The number of nitrogens with zero attached hydrogens (tertiary/aromatic N) is 1. The van der Waals surface area contributed by atoms with Crippen LogP contribution < -0.4 is 0 Å². The molecule has 2 bridgehead atoms. The molecule has 0 fully saturated rings. The highest BCUT2D eigenvalue weighted by Gasteiger charge is 2.20. The molecule has 1 atom stereocenters. The average Bonchev–Trinajstić information content (AvgIpc) is 3.37. The molecule has 4 rings (SSSR count). The van der Waals surface area contributed by atoms with Gasteiger partial charge in [-0.25, -0.2) is 4.99 Å². The van der Waals surface area contributed by atoms with Crippen LogP contribution in [-0.2, 0) is 11.2 Å². The second kappa shape index (κ2) is 7.40. The largest absolute Gasteiger partial charge is 0.494 e. The molecular weight excluding hydrogens is 322 g/mol. The zero-order chi connectivity index (χ0) is 17.9. The van der Waals surface area contributed by atoms with E-state index >= 15 is 0 Å². The standard InChI is InChI=1S/C22H27N3O/c1-15-8-5-3-4-6-9-16-12-17(15)19(24-16)13-21-22(26-2)14-20(25-21)18-10-7-11-23-18/h7,10-15,23-24H,3-6,8-9H2,1-2H3/b21-13+. The Bertz CT molecular complexity index is 852. The molecular formula is C22H27N3O. The lowest BCUT2D eigenvalue weighted by molar-refractivity contribution is 0.303. The monoisotopic (exact) mass is 349 g/mol. The molecule has 26 heavy (non-hydrogen) atoms. The van der Waals surface area contributed by atoms with Gasteiger partial charge in [-0.05, 0) is 55.0 Å². The number of hydrogen-bond donors (Lipinski definition) is 2. The van der Waals surface area contributed by atoms with Gasteiger partial charge in [-0.15, -0.1) is 0 Å². The number of H-pyrrole nitrogens is 2. The fourth-order valence-electron chi connectivity index (χ4n) is 3.93. The summed E-state index contributed by atoms with van der Waals surface area (Å²) in [4.78, 5) is 11.7. The third kappa shape index (κ3) is 3.41. The van der Waals surface area contributed by atoms with Gasteiger partial charge in [-0.2, -0.15) is 0 Å². The predicted molar refractivity (Wildman–Crippen MR) is 106 cm³/mol. The summed E-state index contributed by atoms with van der Waals surface area (Å²) in [7, 11) is 1.71. The number of fused-ring (bicyclic) bond motifs is 2. The molecule has 0 saturated heterocycles. The van der Waals surface area contributed by atoms with E-state index in [0.717, 1.165) is 29.3 Å². The summed E-state index contributed by atoms with van der Waals surface area (Å²) in [6.45, 7) is 2.34. The molecule has 2 aromatic rings. The van der Waals surface area contributed by atoms with Gasteiger partial charge in [-0.3, -0.25) is 0 Å². The Morgan fingerprint density at radius 2 is 2.12 bits per heavy atom. The summed E-state index contributed by atoms with van der Waals surface area (Å²) in [5.74, 6) is 1.38. The van der Waals surface area contributed by atoms with Crippen molar-refractivity contribution >= 4 is 11.8 Å². The predicted octanol–water partition coefficient (Wildman–Crippen LogP) is 5.33. The van der Waals surface area contributed by atoms with Crippen LogP contribution in [0.3, 0.4) is 0 Å². The molecule has 0 aromatic carbocycles. The van der Waals surface area contributed by atoms with Gasteiger partial charge in [0.15, 0.2) is 0 Å². The van der Waals surface area contributed by atoms with Crippen molar-refractivity contribution in [3.63, 3.8) is 0 Å². The van der Waals surface area contributed by atoms with Crippen LogP contribution in [0.2, 0.25) is 0 Å². The maximum absolute atomic E-state index is 5.59. The van der Waals surface area contributed by atoms with Crippen molar-refractivity contribution in [2.45, 2.75) is 51.4 Å². The smallest absolute Gasteiger partial charge is 0.146 e. The Labute approximate surface area is 155 Å². The summed E-state index contributed by atoms with van der Waals surface area (Å²) in [6, 6.07) is 6.38. The zero-order valence-electron chi connectivity index (χ0n) is 15.6. The van der Waals surface area contributed by atoms with Crippen molar-refractivity contribution in [1.29, 1.82) is 0 Å². The molecule has 2 aromatic heterocycles. The Hall–Kier alpha value is -2.49. The molecule has 0 radical (unpaired) electrons. The topological polar surface area (TPSA) is 53.2 Å². The van der Waals surface area contributed by atoms with Crippen LogP contribution in [0.25, 0.3) is 6.08 Å². The summed E-state index contributed by atoms with van der Waals surface area (Å²) < 4.78 is 5.59. The van der Waals surface area contributed by atoms with Gasteiger partial charge in [0, 0.05) is 23.7 Å². The van der Waals surface area contributed by atoms with Crippen LogP contribution in [0.4, 0.5) is 0 Å². The molecule has 2 N–H and O–H groups in total. The lowest BCUT2D eigenvalue weighted by Crippen LogP contribution is -1.96. The third-order valence-electron chi connectivity index (χ3n) is 5.44. The van der Waals surface area contributed by atoms with Gasteiger partial charge < -0.3 is 14.7 Å². The molecule has 1 unspecified atom stereocenters. The van der Waals surface area contributed by atoms with Gasteiger partial charge in [0.25, 0.3) is 0 Å². The summed E-state index contributed by atoms with van der Waals surface area (Å²) in [6.07, 6.45) is 13.7. The summed E-state index contributed by atoms with van der Waals surface area (Å²) >= 11 is 0.